The lowest BCUT2D eigenvalue weighted by Crippen LogP contribution is -2.47. The molecule has 2 fully saturated rings. The summed E-state index contributed by atoms with van der Waals surface area (Å²) in [4.78, 5) is 28.5. The average Bonchev–Trinajstić information content (AvgIpc) is 3.12. The van der Waals surface area contributed by atoms with E-state index >= 15 is 0 Å². The minimum atomic E-state index is -1.02. The highest BCUT2D eigenvalue weighted by Crippen LogP contribution is 2.38. The van der Waals surface area contributed by atoms with E-state index in [1.54, 1.807) is 11.0 Å². The van der Waals surface area contributed by atoms with Gasteiger partial charge in [-0.05, 0) is 84.1 Å². The van der Waals surface area contributed by atoms with E-state index in [1.807, 2.05) is 20.8 Å². The molecule has 34 heavy (non-hydrogen) atoms. The highest BCUT2D eigenvalue weighted by Gasteiger charge is 2.37. The number of hydrogen-bond acceptors (Lipinski definition) is 4. The number of carbonyl (C=O) groups excluding carboxylic acids is 1. The number of nitrogens with zero attached hydrogens (tertiary/aromatic N) is 1. The van der Waals surface area contributed by atoms with Gasteiger partial charge in [0.1, 0.15) is 4.88 Å². The van der Waals surface area contributed by atoms with Gasteiger partial charge in [-0.1, -0.05) is 18.8 Å². The maximum atomic E-state index is 13.7. The Labute approximate surface area is 206 Å². The van der Waals surface area contributed by atoms with Crippen molar-refractivity contribution in [2.45, 2.75) is 91.2 Å². The second-order valence-electron chi connectivity index (χ2n) is 10.3. The number of aliphatic hydroxyl groups excluding tert-OH is 1. The van der Waals surface area contributed by atoms with Crippen LogP contribution >= 0.6 is 11.3 Å². The monoisotopic (exact) mass is 499 g/mol. The molecular weight excluding hydrogens is 458 g/mol. The molecule has 2 saturated carbocycles. The molecule has 0 atom stereocenters. The first-order valence-electron chi connectivity index (χ1n) is 11.5. The molecule has 0 radical (unpaired) electrons. The van der Waals surface area contributed by atoms with Gasteiger partial charge >= 0.3 is 5.97 Å². The molecule has 0 aromatic carbocycles. The van der Waals surface area contributed by atoms with Gasteiger partial charge in [-0.2, -0.15) is 0 Å². The number of amides is 1. The van der Waals surface area contributed by atoms with E-state index in [2.05, 4.69) is 18.8 Å². The number of carbonyl (C=O) groups is 2. The molecule has 0 bridgehead atoms. The molecule has 0 saturated heterocycles. The summed E-state index contributed by atoms with van der Waals surface area (Å²) >= 11 is 1.15. The van der Waals surface area contributed by atoms with Gasteiger partial charge in [0.05, 0.1) is 16.7 Å². The molecule has 2 aliphatic carbocycles. The normalized spacial score (nSPS) is 24.3. The third kappa shape index (κ3) is 8.07. The second kappa shape index (κ2) is 13.2. The summed E-state index contributed by atoms with van der Waals surface area (Å²) in [7, 11) is 0. The molecule has 0 unspecified atom stereocenters. The van der Waals surface area contributed by atoms with E-state index in [1.165, 1.54) is 0 Å². The smallest absolute Gasteiger partial charge is 0.348 e. The zero-order valence-electron chi connectivity index (χ0n) is 20.6. The predicted molar refractivity (Wildman–Crippen MR) is 135 cm³/mol. The van der Waals surface area contributed by atoms with E-state index < -0.39 is 5.97 Å². The SMILES string of the molecule is CC1CCC(C(=O)N(c2cc(C#CC(C)(C)C)sc2C(=O)O)C2CCC(O)CC2)CC1.O.O.O. The maximum Gasteiger partial charge on any atom is 0.348 e. The van der Waals surface area contributed by atoms with Gasteiger partial charge in [0.25, 0.3) is 0 Å². The van der Waals surface area contributed by atoms with Crippen molar-refractivity contribution in [1.82, 2.24) is 0 Å². The number of rotatable bonds is 4. The molecule has 0 spiro atoms. The minimum Gasteiger partial charge on any atom is -0.477 e. The van der Waals surface area contributed by atoms with Crippen LogP contribution in [0.5, 0.6) is 0 Å². The molecule has 0 aliphatic heterocycles. The highest BCUT2D eigenvalue weighted by atomic mass is 32.1. The van der Waals surface area contributed by atoms with Gasteiger partial charge in [-0.25, -0.2) is 4.79 Å². The lowest BCUT2D eigenvalue weighted by Gasteiger charge is -2.38. The lowest BCUT2D eigenvalue weighted by molar-refractivity contribution is -0.124. The van der Waals surface area contributed by atoms with Crippen molar-refractivity contribution in [3.63, 3.8) is 0 Å². The highest BCUT2D eigenvalue weighted by molar-refractivity contribution is 7.15. The van der Waals surface area contributed by atoms with Crippen LogP contribution < -0.4 is 4.90 Å². The molecule has 2 aliphatic rings. The molecule has 1 aromatic heterocycles. The van der Waals surface area contributed by atoms with Crippen molar-refractivity contribution >= 4 is 28.9 Å². The number of carboxylic acids is 1. The van der Waals surface area contributed by atoms with E-state index in [-0.39, 0.29) is 50.7 Å². The lowest BCUT2D eigenvalue weighted by atomic mass is 9.81. The fourth-order valence-corrected chi connectivity index (χ4v) is 5.38. The summed E-state index contributed by atoms with van der Waals surface area (Å²) in [5.74, 6) is 5.89. The van der Waals surface area contributed by atoms with E-state index in [0.717, 1.165) is 37.0 Å². The molecule has 1 aromatic rings. The summed E-state index contributed by atoms with van der Waals surface area (Å²) in [5.41, 5.74) is 0.294. The summed E-state index contributed by atoms with van der Waals surface area (Å²) < 4.78 is 0. The average molecular weight is 500 g/mol. The maximum absolute atomic E-state index is 13.7. The number of carboxylic acid groups (broad SMARTS) is 1. The fourth-order valence-electron chi connectivity index (χ4n) is 4.54. The Balaban J connectivity index is 0.00000363. The van der Waals surface area contributed by atoms with Crippen molar-refractivity contribution in [1.29, 1.82) is 0 Å². The van der Waals surface area contributed by atoms with Crippen LogP contribution in [0.4, 0.5) is 5.69 Å². The van der Waals surface area contributed by atoms with Gasteiger partial charge < -0.3 is 31.5 Å². The largest absolute Gasteiger partial charge is 0.477 e. The molecule has 8 nitrogen and oxygen atoms in total. The number of hydrogen-bond donors (Lipinski definition) is 2. The Kier molecular flexibility index (Phi) is 12.5. The van der Waals surface area contributed by atoms with Gasteiger partial charge in [-0.3, -0.25) is 4.79 Å². The molecule has 8 N–H and O–H groups in total. The van der Waals surface area contributed by atoms with Crippen LogP contribution in [0.15, 0.2) is 6.07 Å². The van der Waals surface area contributed by atoms with Crippen LogP contribution in [0.1, 0.15) is 93.6 Å². The van der Waals surface area contributed by atoms with E-state index in [0.29, 0.717) is 42.2 Å². The topological polar surface area (TPSA) is 172 Å². The van der Waals surface area contributed by atoms with E-state index in [9.17, 15) is 19.8 Å². The van der Waals surface area contributed by atoms with Crippen LogP contribution in [0.25, 0.3) is 0 Å². The summed E-state index contributed by atoms with van der Waals surface area (Å²) in [6.45, 7) is 8.27. The third-order valence-corrected chi connectivity index (χ3v) is 7.39. The zero-order chi connectivity index (χ0) is 22.8. The van der Waals surface area contributed by atoms with Crippen molar-refractivity contribution in [2.24, 2.45) is 17.3 Å². The third-order valence-electron chi connectivity index (χ3n) is 6.36. The minimum absolute atomic E-state index is 0. The van der Waals surface area contributed by atoms with Gasteiger partial charge in [-0.15, -0.1) is 11.3 Å². The molecule has 194 valence electrons. The van der Waals surface area contributed by atoms with Gasteiger partial charge in [0.15, 0.2) is 0 Å². The summed E-state index contributed by atoms with van der Waals surface area (Å²) in [6.07, 6.45) is 6.10. The Bertz CT molecular complexity index is 864. The van der Waals surface area contributed by atoms with Gasteiger partial charge in [0.2, 0.25) is 5.91 Å². The van der Waals surface area contributed by atoms with Crippen molar-refractivity contribution < 1.29 is 36.2 Å². The van der Waals surface area contributed by atoms with Crippen LogP contribution in [-0.2, 0) is 4.79 Å². The first kappa shape index (κ1) is 32.0. The van der Waals surface area contributed by atoms with Crippen molar-refractivity contribution in [3.8, 4) is 11.8 Å². The molecule has 1 amide bonds. The van der Waals surface area contributed by atoms with Crippen LogP contribution in [-0.4, -0.2) is 50.7 Å². The quantitative estimate of drug-likeness (QED) is 0.607. The van der Waals surface area contributed by atoms with E-state index in [4.69, 9.17) is 0 Å². The number of aromatic carboxylic acids is 1. The number of thiophene rings is 1. The standard InChI is InChI=1S/C25H35NO4S.3H2O/c1-16-5-7-17(8-6-16)23(28)26(18-9-11-19(27)12-10-18)21-15-20(13-14-25(2,3)4)31-22(21)24(29)30;;;/h15-19,27H,5-12H2,1-4H3,(H,29,30);3*1H2. The first-order valence-corrected chi connectivity index (χ1v) is 12.3. The molecule has 1 heterocycles. The Morgan fingerprint density at radius 2 is 1.56 bits per heavy atom. The summed E-state index contributed by atoms with van der Waals surface area (Å²) in [6, 6.07) is 1.72. The Hall–Kier alpha value is -1.96. The molecular formula is C25H41NO7S. The zero-order valence-corrected chi connectivity index (χ0v) is 21.4. The fraction of sp³-hybridized carbons (Fsp3) is 0.680. The predicted octanol–water partition coefficient (Wildman–Crippen LogP) is 2.83. The van der Waals surface area contributed by atoms with Crippen molar-refractivity contribution in [2.75, 3.05) is 4.90 Å². The van der Waals surface area contributed by atoms with Crippen LogP contribution in [0, 0.1) is 29.1 Å². The molecule has 9 heteroatoms. The first-order chi connectivity index (χ1) is 14.5. The van der Waals surface area contributed by atoms with Crippen LogP contribution in [0.2, 0.25) is 0 Å². The van der Waals surface area contributed by atoms with Crippen LogP contribution in [0.3, 0.4) is 0 Å². The Morgan fingerprint density at radius 3 is 2.06 bits per heavy atom. The summed E-state index contributed by atoms with van der Waals surface area (Å²) in [5, 5.41) is 19.9. The van der Waals surface area contributed by atoms with Gasteiger partial charge in [0, 0.05) is 17.4 Å². The second-order valence-corrected chi connectivity index (χ2v) is 11.3. The molecule has 3 rings (SSSR count). The van der Waals surface area contributed by atoms with Crippen molar-refractivity contribution in [3.05, 3.63) is 15.8 Å². The Morgan fingerprint density at radius 1 is 1.00 bits per heavy atom. The number of anilines is 1. The number of aliphatic hydroxyl groups is 1.